The van der Waals surface area contributed by atoms with Crippen molar-refractivity contribution < 1.29 is 24.4 Å². The van der Waals surface area contributed by atoms with Gasteiger partial charge in [-0.2, -0.15) is 5.10 Å². The summed E-state index contributed by atoms with van der Waals surface area (Å²) in [5.74, 6) is -2.21. The lowest BCUT2D eigenvalue weighted by molar-refractivity contribution is -0.385. The molecule has 0 aliphatic carbocycles. The van der Waals surface area contributed by atoms with E-state index in [-0.39, 0.29) is 17.1 Å². The van der Waals surface area contributed by atoms with Crippen molar-refractivity contribution in [1.29, 1.82) is 0 Å². The third kappa shape index (κ3) is 2.53. The van der Waals surface area contributed by atoms with Crippen LogP contribution in [0.4, 0.5) is 5.69 Å². The second kappa shape index (κ2) is 6.12. The number of carboxylic acids is 1. The van der Waals surface area contributed by atoms with Gasteiger partial charge in [-0.1, -0.05) is 0 Å². The second-order valence-electron chi connectivity index (χ2n) is 5.96. The Balaban J connectivity index is 1.83. The zero-order chi connectivity index (χ0) is 19.3. The quantitative estimate of drug-likeness (QED) is 0.421. The highest BCUT2D eigenvalue weighted by atomic mass is 32.2. The third-order valence-corrected chi connectivity index (χ3v) is 5.77. The maximum Gasteiger partial charge on any atom is 0.352 e. The molecule has 3 rings (SSSR count). The van der Waals surface area contributed by atoms with Crippen LogP contribution in [0.15, 0.2) is 11.3 Å². The molecular weight excluding hydrogens is 366 g/mol. The summed E-state index contributed by atoms with van der Waals surface area (Å²) in [7, 11) is 1.47. The van der Waals surface area contributed by atoms with E-state index in [1.165, 1.54) is 30.4 Å². The van der Waals surface area contributed by atoms with Crippen molar-refractivity contribution in [1.82, 2.24) is 20.0 Å². The Morgan fingerprint density at radius 1 is 1.42 bits per heavy atom. The van der Waals surface area contributed by atoms with Crippen LogP contribution in [0.25, 0.3) is 0 Å². The van der Waals surface area contributed by atoms with Gasteiger partial charge in [-0.15, -0.1) is 11.8 Å². The molecule has 1 aromatic rings. The van der Waals surface area contributed by atoms with Gasteiger partial charge in [0.2, 0.25) is 5.69 Å². The van der Waals surface area contributed by atoms with E-state index in [1.807, 2.05) is 0 Å². The van der Waals surface area contributed by atoms with Crippen LogP contribution in [0, 0.1) is 17.0 Å². The molecule has 11 nitrogen and oxygen atoms in total. The van der Waals surface area contributed by atoms with Crippen molar-refractivity contribution in [2.24, 2.45) is 7.05 Å². The van der Waals surface area contributed by atoms with Gasteiger partial charge in [0, 0.05) is 12.8 Å². The summed E-state index contributed by atoms with van der Waals surface area (Å²) in [4.78, 5) is 47.8. The van der Waals surface area contributed by atoms with E-state index in [9.17, 15) is 29.6 Å². The molecule has 0 aromatic carbocycles. The lowest BCUT2D eigenvalue weighted by atomic mass is 10.0. The normalized spacial score (nSPS) is 22.0. The summed E-state index contributed by atoms with van der Waals surface area (Å²) < 4.78 is 1.21. The maximum atomic E-state index is 12.4. The van der Waals surface area contributed by atoms with E-state index in [4.69, 9.17) is 0 Å². The summed E-state index contributed by atoms with van der Waals surface area (Å²) in [6.45, 7) is 3.09. The number of carbonyl (C=O) groups excluding carboxylic acids is 2. The molecule has 26 heavy (non-hydrogen) atoms. The summed E-state index contributed by atoms with van der Waals surface area (Å²) in [5.41, 5.74) is -0.114. The zero-order valence-electron chi connectivity index (χ0n) is 14.0. The number of amides is 2. The lowest BCUT2D eigenvalue weighted by Crippen LogP contribution is -2.70. The molecule has 2 N–H and O–H groups in total. The van der Waals surface area contributed by atoms with Crippen LogP contribution in [0.5, 0.6) is 0 Å². The highest BCUT2D eigenvalue weighted by molar-refractivity contribution is 8.00. The van der Waals surface area contributed by atoms with Crippen molar-refractivity contribution in [3.63, 3.8) is 0 Å². The fourth-order valence-electron chi connectivity index (χ4n) is 2.95. The minimum Gasteiger partial charge on any atom is -0.477 e. The van der Waals surface area contributed by atoms with Crippen molar-refractivity contribution in [3.05, 3.63) is 32.8 Å². The zero-order valence-corrected chi connectivity index (χ0v) is 14.9. The van der Waals surface area contributed by atoms with Crippen LogP contribution in [0.1, 0.15) is 23.1 Å². The minimum absolute atomic E-state index is 0.0797. The first-order chi connectivity index (χ1) is 12.1. The molecule has 2 aliphatic heterocycles. The van der Waals surface area contributed by atoms with Crippen LogP contribution in [-0.4, -0.2) is 59.7 Å². The Morgan fingerprint density at radius 3 is 2.65 bits per heavy atom. The largest absolute Gasteiger partial charge is 0.477 e. The van der Waals surface area contributed by atoms with Crippen molar-refractivity contribution in [3.8, 4) is 0 Å². The van der Waals surface area contributed by atoms with Crippen LogP contribution in [0.3, 0.4) is 0 Å². The van der Waals surface area contributed by atoms with Crippen molar-refractivity contribution in [2.45, 2.75) is 25.3 Å². The number of aryl methyl sites for hydroxylation is 1. The summed E-state index contributed by atoms with van der Waals surface area (Å²) in [6.07, 6.45) is 0. The molecule has 2 amide bonds. The maximum absolute atomic E-state index is 12.4. The van der Waals surface area contributed by atoms with Crippen LogP contribution < -0.4 is 5.32 Å². The van der Waals surface area contributed by atoms with Crippen molar-refractivity contribution in [2.75, 3.05) is 5.75 Å². The molecule has 0 bridgehead atoms. The Morgan fingerprint density at radius 2 is 2.08 bits per heavy atom. The number of carbonyl (C=O) groups is 3. The van der Waals surface area contributed by atoms with E-state index >= 15 is 0 Å². The molecule has 2 atom stereocenters. The Kier molecular flexibility index (Phi) is 4.22. The van der Waals surface area contributed by atoms with Gasteiger partial charge in [0.1, 0.15) is 22.8 Å². The van der Waals surface area contributed by atoms with Gasteiger partial charge in [-0.05, 0) is 19.4 Å². The summed E-state index contributed by atoms with van der Waals surface area (Å²) in [5, 5.41) is 26.2. The Labute approximate surface area is 151 Å². The van der Waals surface area contributed by atoms with Gasteiger partial charge in [-0.25, -0.2) is 4.79 Å². The molecule has 0 spiro atoms. The summed E-state index contributed by atoms with van der Waals surface area (Å²) >= 11 is 1.32. The molecule has 3 heterocycles. The first kappa shape index (κ1) is 17.9. The molecule has 138 valence electrons. The number of nitrogens with zero attached hydrogens (tertiary/aromatic N) is 4. The van der Waals surface area contributed by atoms with Gasteiger partial charge >= 0.3 is 11.7 Å². The highest BCUT2D eigenvalue weighted by Crippen LogP contribution is 2.40. The fourth-order valence-corrected chi connectivity index (χ4v) is 4.25. The standard InChI is InChI=1S/C14H15N5O6S/c1-5-4-26-13-8(12(21)18(13)9(5)14(22)23)15-11(20)7-10(19(24)25)6(2)17(3)16-7/h8,13H,4H2,1-3H3,(H,15,20)(H,22,23). The predicted octanol–water partition coefficient (Wildman–Crippen LogP) is 0.00882. The van der Waals surface area contributed by atoms with E-state index in [0.717, 1.165) is 4.90 Å². The minimum atomic E-state index is -1.21. The van der Waals surface area contributed by atoms with Crippen LogP contribution >= 0.6 is 11.8 Å². The van der Waals surface area contributed by atoms with Gasteiger partial charge in [0.05, 0.1) is 4.92 Å². The van der Waals surface area contributed by atoms with Gasteiger partial charge in [0.25, 0.3) is 11.8 Å². The number of fused-ring (bicyclic) bond motifs is 1. The molecule has 0 radical (unpaired) electrons. The molecule has 1 aromatic heterocycles. The summed E-state index contributed by atoms with van der Waals surface area (Å²) in [6, 6.07) is -0.961. The van der Waals surface area contributed by atoms with E-state index in [2.05, 4.69) is 10.4 Å². The molecular formula is C14H15N5O6S. The van der Waals surface area contributed by atoms with Gasteiger partial charge < -0.3 is 10.4 Å². The number of rotatable bonds is 4. The van der Waals surface area contributed by atoms with E-state index in [1.54, 1.807) is 6.92 Å². The number of β-lactam (4-membered cyclic amide) rings is 1. The Bertz CT molecular complexity index is 891. The predicted molar refractivity (Wildman–Crippen MR) is 89.3 cm³/mol. The van der Waals surface area contributed by atoms with E-state index in [0.29, 0.717) is 11.3 Å². The molecule has 1 fully saturated rings. The SMILES string of the molecule is CC1=C(C(=O)O)N2C(=O)C(NC(=O)c3nn(C)c(C)c3[N+](=O)[O-])C2SC1. The van der Waals surface area contributed by atoms with Crippen LogP contribution in [-0.2, 0) is 16.6 Å². The first-order valence-corrected chi connectivity index (χ1v) is 8.56. The average molecular weight is 381 g/mol. The first-order valence-electron chi connectivity index (χ1n) is 7.51. The fraction of sp³-hybridized carbons (Fsp3) is 0.429. The van der Waals surface area contributed by atoms with E-state index < -0.39 is 39.8 Å². The number of hydrogen-bond donors (Lipinski definition) is 2. The smallest absolute Gasteiger partial charge is 0.352 e. The lowest BCUT2D eigenvalue weighted by Gasteiger charge is -2.49. The molecule has 1 saturated heterocycles. The topological polar surface area (TPSA) is 148 Å². The average Bonchev–Trinajstić information content (AvgIpc) is 2.87. The second-order valence-corrected chi connectivity index (χ2v) is 7.06. The monoisotopic (exact) mass is 381 g/mol. The van der Waals surface area contributed by atoms with Gasteiger partial charge in [-0.3, -0.25) is 29.3 Å². The van der Waals surface area contributed by atoms with Crippen LogP contribution in [0.2, 0.25) is 0 Å². The number of hydrogen-bond acceptors (Lipinski definition) is 7. The third-order valence-electron chi connectivity index (χ3n) is 4.35. The number of carboxylic acid groups (broad SMARTS) is 1. The number of nitrogens with one attached hydrogen (secondary N) is 1. The van der Waals surface area contributed by atoms with Gasteiger partial charge in [0.15, 0.2) is 0 Å². The number of aliphatic carboxylic acids is 1. The number of thioether (sulfide) groups is 1. The molecule has 0 saturated carbocycles. The molecule has 2 aliphatic rings. The Hall–Kier alpha value is -2.89. The molecule has 2 unspecified atom stereocenters. The highest BCUT2D eigenvalue weighted by Gasteiger charge is 2.54. The number of nitro groups is 1. The molecule has 12 heteroatoms. The van der Waals surface area contributed by atoms with Crippen molar-refractivity contribution >= 4 is 35.2 Å². The number of aromatic nitrogens is 2.